The van der Waals surface area contributed by atoms with Crippen LogP contribution in [0, 0.1) is 15.5 Å². The highest BCUT2D eigenvalue weighted by Gasteiger charge is 2.57. The Kier molecular flexibility index (Phi) is 7.84. The number of carbonyl (C=O) groups is 2. The molecule has 0 aliphatic heterocycles. The lowest BCUT2D eigenvalue weighted by atomic mass is 9.70. The SMILES string of the molecule is C=CCCC(C(=O)OCC)(C(=O)OCC)C(C[N+](=O)[O-])c1ccco1. The summed E-state index contributed by atoms with van der Waals surface area (Å²) < 4.78 is 15.5. The zero-order chi connectivity index (χ0) is 18.9. The Bertz CT molecular complexity index is 576. The number of hydrogen-bond acceptors (Lipinski definition) is 7. The number of hydrogen-bond donors (Lipinski definition) is 0. The quantitative estimate of drug-likeness (QED) is 0.198. The molecular weight excluding hydrogens is 330 g/mol. The van der Waals surface area contributed by atoms with Crippen molar-refractivity contribution in [3.05, 3.63) is 46.9 Å². The molecule has 0 aromatic carbocycles. The van der Waals surface area contributed by atoms with E-state index < -0.39 is 34.7 Å². The summed E-state index contributed by atoms with van der Waals surface area (Å²) in [6.45, 7) is 6.16. The summed E-state index contributed by atoms with van der Waals surface area (Å²) in [4.78, 5) is 36.2. The van der Waals surface area contributed by atoms with Gasteiger partial charge in [-0.15, -0.1) is 6.58 Å². The minimum absolute atomic E-state index is 0.0252. The maximum Gasteiger partial charge on any atom is 0.324 e. The first-order valence-electron chi connectivity index (χ1n) is 8.04. The third-order valence-electron chi connectivity index (χ3n) is 3.84. The standard InChI is InChI=1S/C17H23NO7/c1-4-7-10-17(15(19)23-5-2,16(20)24-6-3)13(12-18(21)22)14-9-8-11-25-14/h4,8-9,11,13H,1,5-7,10,12H2,2-3H3. The molecule has 0 aliphatic rings. The van der Waals surface area contributed by atoms with E-state index in [9.17, 15) is 19.7 Å². The first kappa shape index (κ1) is 20.4. The third-order valence-corrected chi connectivity index (χ3v) is 3.84. The van der Waals surface area contributed by atoms with Crippen LogP contribution in [-0.4, -0.2) is 36.6 Å². The van der Waals surface area contributed by atoms with Gasteiger partial charge in [0.15, 0.2) is 5.41 Å². The summed E-state index contributed by atoms with van der Waals surface area (Å²) in [5, 5.41) is 11.2. The average Bonchev–Trinajstić information content (AvgIpc) is 3.08. The van der Waals surface area contributed by atoms with Crippen molar-refractivity contribution in [1.29, 1.82) is 0 Å². The number of nitro groups is 1. The van der Waals surface area contributed by atoms with Gasteiger partial charge in [0.1, 0.15) is 11.7 Å². The van der Waals surface area contributed by atoms with Crippen LogP contribution in [0.3, 0.4) is 0 Å². The molecule has 0 radical (unpaired) electrons. The predicted molar refractivity (Wildman–Crippen MR) is 88.4 cm³/mol. The molecule has 138 valence electrons. The summed E-state index contributed by atoms with van der Waals surface area (Å²) in [7, 11) is 0. The third kappa shape index (κ3) is 4.68. The van der Waals surface area contributed by atoms with E-state index in [0.717, 1.165) is 0 Å². The number of furan rings is 1. The summed E-state index contributed by atoms with van der Waals surface area (Å²) in [5.74, 6) is -2.73. The van der Waals surface area contributed by atoms with Crippen molar-refractivity contribution < 1.29 is 28.4 Å². The van der Waals surface area contributed by atoms with E-state index in [1.165, 1.54) is 24.5 Å². The largest absolute Gasteiger partial charge is 0.469 e. The monoisotopic (exact) mass is 353 g/mol. The lowest BCUT2D eigenvalue weighted by Gasteiger charge is -2.33. The molecule has 0 saturated heterocycles. The van der Waals surface area contributed by atoms with Gasteiger partial charge in [0, 0.05) is 4.92 Å². The summed E-state index contributed by atoms with van der Waals surface area (Å²) in [5.41, 5.74) is -1.88. The first-order valence-corrected chi connectivity index (χ1v) is 8.04. The second kappa shape index (κ2) is 9.61. The van der Waals surface area contributed by atoms with Gasteiger partial charge in [-0.25, -0.2) is 0 Å². The molecule has 0 saturated carbocycles. The second-order valence-electron chi connectivity index (χ2n) is 5.32. The molecule has 8 heteroatoms. The first-order chi connectivity index (χ1) is 11.9. The molecule has 1 rings (SSSR count). The van der Waals surface area contributed by atoms with Crippen LogP contribution in [0.25, 0.3) is 0 Å². The molecule has 0 aliphatic carbocycles. The molecule has 1 heterocycles. The zero-order valence-corrected chi connectivity index (χ0v) is 14.4. The Morgan fingerprint density at radius 1 is 1.36 bits per heavy atom. The lowest BCUT2D eigenvalue weighted by molar-refractivity contribution is -0.486. The summed E-state index contributed by atoms with van der Waals surface area (Å²) in [6.07, 6.45) is 3.09. The zero-order valence-electron chi connectivity index (χ0n) is 14.4. The number of ether oxygens (including phenoxy) is 2. The number of rotatable bonds is 11. The van der Waals surface area contributed by atoms with Gasteiger partial charge in [-0.05, 0) is 38.8 Å². The van der Waals surface area contributed by atoms with Crippen LogP contribution >= 0.6 is 0 Å². The molecule has 0 amide bonds. The van der Waals surface area contributed by atoms with Crippen molar-refractivity contribution in [2.75, 3.05) is 19.8 Å². The van der Waals surface area contributed by atoms with Gasteiger partial charge < -0.3 is 13.9 Å². The van der Waals surface area contributed by atoms with Crippen LogP contribution in [0.5, 0.6) is 0 Å². The molecule has 8 nitrogen and oxygen atoms in total. The van der Waals surface area contributed by atoms with Gasteiger partial charge in [0.25, 0.3) is 0 Å². The smallest absolute Gasteiger partial charge is 0.324 e. The van der Waals surface area contributed by atoms with Crippen molar-refractivity contribution in [1.82, 2.24) is 0 Å². The van der Waals surface area contributed by atoms with Crippen LogP contribution in [0.2, 0.25) is 0 Å². The van der Waals surface area contributed by atoms with Gasteiger partial charge in [-0.3, -0.25) is 19.7 Å². The number of allylic oxidation sites excluding steroid dienone is 1. The van der Waals surface area contributed by atoms with Crippen LogP contribution in [-0.2, 0) is 19.1 Å². The highest BCUT2D eigenvalue weighted by atomic mass is 16.6. The summed E-state index contributed by atoms with van der Waals surface area (Å²) in [6, 6.07) is 3.03. The van der Waals surface area contributed by atoms with Crippen molar-refractivity contribution in [2.45, 2.75) is 32.6 Å². The van der Waals surface area contributed by atoms with Gasteiger partial charge in [0.2, 0.25) is 6.54 Å². The Morgan fingerprint density at radius 3 is 2.36 bits per heavy atom. The fraction of sp³-hybridized carbons (Fsp3) is 0.529. The predicted octanol–water partition coefficient (Wildman–Crippen LogP) is 2.72. The van der Waals surface area contributed by atoms with E-state index in [4.69, 9.17) is 13.9 Å². The van der Waals surface area contributed by atoms with Crippen molar-refractivity contribution in [3.63, 3.8) is 0 Å². The Labute approximate surface area is 145 Å². The average molecular weight is 353 g/mol. The fourth-order valence-electron chi connectivity index (χ4n) is 2.72. The van der Waals surface area contributed by atoms with Gasteiger partial charge in [-0.2, -0.15) is 0 Å². The number of carbonyl (C=O) groups excluding carboxylic acids is 2. The Balaban J connectivity index is 3.54. The maximum absolute atomic E-state index is 12.8. The highest BCUT2D eigenvalue weighted by Crippen LogP contribution is 2.43. The highest BCUT2D eigenvalue weighted by molar-refractivity contribution is 6.01. The lowest BCUT2D eigenvalue weighted by Crippen LogP contribution is -2.48. The van der Waals surface area contributed by atoms with E-state index in [-0.39, 0.29) is 31.8 Å². The van der Waals surface area contributed by atoms with Gasteiger partial charge in [0.05, 0.1) is 19.5 Å². The molecule has 1 atom stereocenters. The van der Waals surface area contributed by atoms with Crippen molar-refractivity contribution in [3.8, 4) is 0 Å². The van der Waals surface area contributed by atoms with Crippen molar-refractivity contribution in [2.24, 2.45) is 5.41 Å². The molecule has 1 aromatic rings. The molecule has 25 heavy (non-hydrogen) atoms. The molecule has 0 fully saturated rings. The topological polar surface area (TPSA) is 109 Å². The molecule has 1 aromatic heterocycles. The Morgan fingerprint density at radius 2 is 1.96 bits per heavy atom. The molecule has 0 N–H and O–H groups in total. The molecular formula is C17H23NO7. The van der Waals surface area contributed by atoms with Gasteiger partial charge >= 0.3 is 11.9 Å². The van der Waals surface area contributed by atoms with Gasteiger partial charge in [-0.1, -0.05) is 6.08 Å². The minimum atomic E-state index is -1.88. The number of nitrogens with zero attached hydrogens (tertiary/aromatic N) is 1. The maximum atomic E-state index is 12.8. The molecule has 1 unspecified atom stereocenters. The van der Waals surface area contributed by atoms with E-state index in [1.54, 1.807) is 13.8 Å². The van der Waals surface area contributed by atoms with Crippen LogP contribution in [0.4, 0.5) is 0 Å². The normalized spacial score (nSPS) is 12.2. The minimum Gasteiger partial charge on any atom is -0.469 e. The van der Waals surface area contributed by atoms with Crippen LogP contribution in [0.1, 0.15) is 38.4 Å². The van der Waals surface area contributed by atoms with E-state index >= 15 is 0 Å². The van der Waals surface area contributed by atoms with E-state index in [0.29, 0.717) is 0 Å². The molecule has 0 bridgehead atoms. The Hall–Kier alpha value is -2.64. The van der Waals surface area contributed by atoms with Crippen LogP contribution < -0.4 is 0 Å². The fourth-order valence-corrected chi connectivity index (χ4v) is 2.72. The van der Waals surface area contributed by atoms with E-state index in [1.807, 2.05) is 0 Å². The summed E-state index contributed by atoms with van der Waals surface area (Å²) >= 11 is 0. The van der Waals surface area contributed by atoms with Crippen molar-refractivity contribution >= 4 is 11.9 Å². The van der Waals surface area contributed by atoms with Crippen LogP contribution in [0.15, 0.2) is 35.5 Å². The second-order valence-corrected chi connectivity index (χ2v) is 5.32. The van der Waals surface area contributed by atoms with E-state index in [2.05, 4.69) is 6.58 Å². The molecule has 0 spiro atoms. The number of esters is 2.